The van der Waals surface area contributed by atoms with Crippen LogP contribution in [-0.2, 0) is 4.79 Å². The van der Waals surface area contributed by atoms with Gasteiger partial charge in [-0.15, -0.1) is 0 Å². The summed E-state index contributed by atoms with van der Waals surface area (Å²) in [4.78, 5) is 14.4. The fourth-order valence-corrected chi connectivity index (χ4v) is 0.914. The van der Waals surface area contributed by atoms with Crippen LogP contribution in [0.2, 0.25) is 0 Å². The third-order valence-corrected chi connectivity index (χ3v) is 1.59. The van der Waals surface area contributed by atoms with E-state index >= 15 is 0 Å². The maximum Gasteiger partial charge on any atom is 0.216 e. The standard InChI is InChI=1S/C11H12N2O2/c1-9(14)12-7-3-2-4-10-5-6-11(15)8-13-10/h5-6,8,15H,3,7H2,1H3,(H,12,14). The van der Waals surface area contributed by atoms with E-state index in [2.05, 4.69) is 22.1 Å². The third-order valence-electron chi connectivity index (χ3n) is 1.59. The molecule has 0 atom stereocenters. The minimum atomic E-state index is -0.0560. The number of rotatable bonds is 2. The van der Waals surface area contributed by atoms with Crippen molar-refractivity contribution in [1.82, 2.24) is 10.3 Å². The molecule has 15 heavy (non-hydrogen) atoms. The molecule has 1 amide bonds. The molecule has 2 N–H and O–H groups in total. The van der Waals surface area contributed by atoms with Gasteiger partial charge in [-0.3, -0.25) is 4.79 Å². The van der Waals surface area contributed by atoms with Crippen LogP contribution in [0.1, 0.15) is 19.0 Å². The van der Waals surface area contributed by atoms with Gasteiger partial charge in [0.2, 0.25) is 5.91 Å². The van der Waals surface area contributed by atoms with Crippen LogP contribution in [-0.4, -0.2) is 22.5 Å². The maximum atomic E-state index is 10.5. The van der Waals surface area contributed by atoms with Gasteiger partial charge in [0, 0.05) is 19.9 Å². The van der Waals surface area contributed by atoms with Gasteiger partial charge >= 0.3 is 0 Å². The summed E-state index contributed by atoms with van der Waals surface area (Å²) < 4.78 is 0. The molecule has 0 saturated heterocycles. The monoisotopic (exact) mass is 204 g/mol. The van der Waals surface area contributed by atoms with Crippen molar-refractivity contribution in [2.75, 3.05) is 6.54 Å². The number of nitrogens with one attached hydrogen (secondary N) is 1. The van der Waals surface area contributed by atoms with Crippen molar-refractivity contribution < 1.29 is 9.90 Å². The second-order valence-corrected chi connectivity index (χ2v) is 2.94. The van der Waals surface area contributed by atoms with Crippen LogP contribution in [0.25, 0.3) is 0 Å². The molecule has 0 radical (unpaired) electrons. The lowest BCUT2D eigenvalue weighted by Crippen LogP contribution is -2.20. The fraction of sp³-hybridized carbons (Fsp3) is 0.273. The molecule has 0 aliphatic heterocycles. The summed E-state index contributed by atoms with van der Waals surface area (Å²) in [5.41, 5.74) is 0.607. The Kier molecular flexibility index (Phi) is 4.17. The summed E-state index contributed by atoms with van der Waals surface area (Å²) >= 11 is 0. The van der Waals surface area contributed by atoms with Crippen LogP contribution in [0.3, 0.4) is 0 Å². The largest absolute Gasteiger partial charge is 0.506 e. The third kappa shape index (κ3) is 4.67. The highest BCUT2D eigenvalue weighted by Gasteiger charge is 1.89. The summed E-state index contributed by atoms with van der Waals surface area (Å²) in [6.45, 7) is 2.01. The Bertz CT molecular complexity index is 387. The summed E-state index contributed by atoms with van der Waals surface area (Å²) in [5.74, 6) is 5.76. The van der Waals surface area contributed by atoms with Crippen molar-refractivity contribution in [2.45, 2.75) is 13.3 Å². The predicted octanol–water partition coefficient (Wildman–Crippen LogP) is 0.665. The predicted molar refractivity (Wildman–Crippen MR) is 56.1 cm³/mol. The molecule has 0 aliphatic rings. The van der Waals surface area contributed by atoms with E-state index in [9.17, 15) is 4.79 Å². The topological polar surface area (TPSA) is 62.2 Å². The average molecular weight is 204 g/mol. The number of hydrogen-bond acceptors (Lipinski definition) is 3. The first-order valence-electron chi connectivity index (χ1n) is 4.57. The van der Waals surface area contributed by atoms with Crippen molar-refractivity contribution in [2.24, 2.45) is 0 Å². The number of aromatic hydroxyl groups is 1. The van der Waals surface area contributed by atoms with Gasteiger partial charge in [0.1, 0.15) is 11.4 Å². The van der Waals surface area contributed by atoms with Gasteiger partial charge in [-0.25, -0.2) is 4.98 Å². The van der Waals surface area contributed by atoms with E-state index in [1.54, 1.807) is 6.07 Å². The first-order valence-corrected chi connectivity index (χ1v) is 4.57. The van der Waals surface area contributed by atoms with Crippen LogP contribution in [0.15, 0.2) is 18.3 Å². The van der Waals surface area contributed by atoms with Gasteiger partial charge in [-0.05, 0) is 18.1 Å². The quantitative estimate of drug-likeness (QED) is 0.549. The lowest BCUT2D eigenvalue weighted by molar-refractivity contribution is -0.118. The van der Waals surface area contributed by atoms with E-state index < -0.39 is 0 Å². The zero-order valence-corrected chi connectivity index (χ0v) is 8.45. The maximum absolute atomic E-state index is 10.5. The van der Waals surface area contributed by atoms with Gasteiger partial charge in [0.05, 0.1) is 6.20 Å². The average Bonchev–Trinajstić information content (AvgIpc) is 2.20. The van der Waals surface area contributed by atoms with Crippen LogP contribution in [0.5, 0.6) is 5.75 Å². The smallest absolute Gasteiger partial charge is 0.216 e. The molecule has 0 spiro atoms. The summed E-state index contributed by atoms with van der Waals surface area (Å²) in [6.07, 6.45) is 1.93. The minimum absolute atomic E-state index is 0.0560. The van der Waals surface area contributed by atoms with Gasteiger partial charge in [0.25, 0.3) is 0 Å². The molecule has 0 saturated carbocycles. The molecule has 1 aromatic rings. The lowest BCUT2D eigenvalue weighted by Gasteiger charge is -1.94. The number of amides is 1. The molecule has 4 heteroatoms. The number of pyridine rings is 1. The first-order chi connectivity index (χ1) is 7.18. The number of hydrogen-bond donors (Lipinski definition) is 2. The van der Waals surface area contributed by atoms with E-state index in [0.29, 0.717) is 18.7 Å². The van der Waals surface area contributed by atoms with Crippen LogP contribution < -0.4 is 5.32 Å². The molecule has 0 aliphatic carbocycles. The Morgan fingerprint density at radius 1 is 1.60 bits per heavy atom. The Morgan fingerprint density at radius 2 is 2.40 bits per heavy atom. The molecule has 0 unspecified atom stereocenters. The Morgan fingerprint density at radius 3 is 3.00 bits per heavy atom. The Balaban J connectivity index is 2.38. The highest BCUT2D eigenvalue weighted by molar-refractivity contribution is 5.72. The van der Waals surface area contributed by atoms with E-state index in [4.69, 9.17) is 5.11 Å². The Hall–Kier alpha value is -2.02. The van der Waals surface area contributed by atoms with E-state index in [1.165, 1.54) is 19.2 Å². The van der Waals surface area contributed by atoms with E-state index in [1.807, 2.05) is 0 Å². The zero-order valence-electron chi connectivity index (χ0n) is 8.45. The van der Waals surface area contributed by atoms with Crippen molar-refractivity contribution in [3.63, 3.8) is 0 Å². The van der Waals surface area contributed by atoms with Gasteiger partial charge in [-0.2, -0.15) is 0 Å². The second kappa shape index (κ2) is 5.66. The molecule has 78 valence electrons. The van der Waals surface area contributed by atoms with Crippen LogP contribution in [0, 0.1) is 11.8 Å². The first kappa shape index (κ1) is 11.1. The van der Waals surface area contributed by atoms with E-state index in [-0.39, 0.29) is 11.7 Å². The zero-order chi connectivity index (χ0) is 11.1. The molecular formula is C11H12N2O2. The minimum Gasteiger partial charge on any atom is -0.506 e. The van der Waals surface area contributed by atoms with Crippen molar-refractivity contribution in [3.8, 4) is 17.6 Å². The van der Waals surface area contributed by atoms with Gasteiger partial charge in [-0.1, -0.05) is 5.92 Å². The highest BCUT2D eigenvalue weighted by Crippen LogP contribution is 2.04. The SMILES string of the molecule is CC(=O)NCCC#Cc1ccc(O)cn1. The molecule has 1 aromatic heterocycles. The molecule has 0 bridgehead atoms. The van der Waals surface area contributed by atoms with Gasteiger partial charge in [0.15, 0.2) is 0 Å². The molecule has 0 fully saturated rings. The molecule has 1 heterocycles. The number of nitrogens with zero attached hydrogens (tertiary/aromatic N) is 1. The molecule has 1 rings (SSSR count). The lowest BCUT2D eigenvalue weighted by atomic mass is 10.3. The van der Waals surface area contributed by atoms with Crippen molar-refractivity contribution >= 4 is 5.91 Å². The van der Waals surface area contributed by atoms with Gasteiger partial charge < -0.3 is 10.4 Å². The molecular weight excluding hydrogens is 192 g/mol. The normalized spacial score (nSPS) is 8.87. The highest BCUT2D eigenvalue weighted by atomic mass is 16.3. The summed E-state index contributed by atoms with van der Waals surface area (Å²) in [5, 5.41) is 11.6. The Labute approximate surface area is 88.3 Å². The number of carbonyl (C=O) groups is 1. The fourth-order valence-electron chi connectivity index (χ4n) is 0.914. The summed E-state index contributed by atoms with van der Waals surface area (Å²) in [7, 11) is 0. The van der Waals surface area contributed by atoms with Crippen LogP contribution in [0.4, 0.5) is 0 Å². The van der Waals surface area contributed by atoms with Crippen molar-refractivity contribution in [1.29, 1.82) is 0 Å². The summed E-state index contributed by atoms with van der Waals surface area (Å²) in [6, 6.07) is 3.17. The van der Waals surface area contributed by atoms with E-state index in [0.717, 1.165) is 0 Å². The molecule has 4 nitrogen and oxygen atoms in total. The van der Waals surface area contributed by atoms with Crippen molar-refractivity contribution in [3.05, 3.63) is 24.0 Å². The van der Waals surface area contributed by atoms with Crippen LogP contribution >= 0.6 is 0 Å². The second-order valence-electron chi connectivity index (χ2n) is 2.94. The molecule has 0 aromatic carbocycles. The number of aromatic nitrogens is 1. The number of carbonyl (C=O) groups excluding carboxylic acids is 1.